The molecule has 3 N–H and O–H groups in total. The number of hydrogen-bond donors (Lipinski definition) is 2. The predicted octanol–water partition coefficient (Wildman–Crippen LogP) is 1.72. The van der Waals surface area contributed by atoms with Crippen molar-refractivity contribution in [3.63, 3.8) is 0 Å². The molecule has 1 aromatic carbocycles. The third-order valence-electron chi connectivity index (χ3n) is 5.42. The summed E-state index contributed by atoms with van der Waals surface area (Å²) in [5.41, 5.74) is 10.1. The fourth-order valence-corrected chi connectivity index (χ4v) is 4.00. The van der Waals surface area contributed by atoms with Crippen LogP contribution in [-0.4, -0.2) is 40.8 Å². The van der Waals surface area contributed by atoms with Crippen molar-refractivity contribution in [1.29, 1.82) is 0 Å². The Kier molecular flexibility index (Phi) is 6.70. The average molecular weight is 386 g/mol. The minimum absolute atomic E-state index is 0.0173. The lowest BCUT2D eigenvalue weighted by atomic mass is 9.97. The van der Waals surface area contributed by atoms with E-state index in [4.69, 9.17) is 10.5 Å². The minimum Gasteiger partial charge on any atom is -0.481 e. The summed E-state index contributed by atoms with van der Waals surface area (Å²) in [6.45, 7) is 6.12. The SMILES string of the molecule is COc1c(CNCc2cccc(CN3CCC[C@H](C(N)=O)C3)c2)c(C)nn1C. The highest BCUT2D eigenvalue weighted by molar-refractivity contribution is 5.76. The number of amides is 1. The third kappa shape index (κ3) is 4.91. The summed E-state index contributed by atoms with van der Waals surface area (Å²) in [5, 5.41) is 7.91. The number of nitrogens with zero attached hydrogens (tertiary/aromatic N) is 3. The first kappa shape index (κ1) is 20.4. The second kappa shape index (κ2) is 9.21. The van der Waals surface area contributed by atoms with Crippen molar-refractivity contribution in [2.75, 3.05) is 20.2 Å². The third-order valence-corrected chi connectivity index (χ3v) is 5.42. The fourth-order valence-electron chi connectivity index (χ4n) is 4.00. The number of aryl methyl sites for hydroxylation is 2. The average Bonchev–Trinajstić information content (AvgIpc) is 2.95. The molecule has 2 heterocycles. The van der Waals surface area contributed by atoms with Crippen molar-refractivity contribution in [3.05, 3.63) is 46.6 Å². The molecule has 2 aromatic rings. The number of carbonyl (C=O) groups is 1. The summed E-state index contributed by atoms with van der Waals surface area (Å²) in [6.07, 6.45) is 1.94. The van der Waals surface area contributed by atoms with Crippen LogP contribution in [0.1, 0.15) is 35.2 Å². The van der Waals surface area contributed by atoms with Crippen LogP contribution in [0.5, 0.6) is 5.88 Å². The van der Waals surface area contributed by atoms with Crippen molar-refractivity contribution in [3.8, 4) is 5.88 Å². The second-order valence-corrected chi connectivity index (χ2v) is 7.60. The number of nitrogens with one attached hydrogen (secondary N) is 1. The van der Waals surface area contributed by atoms with Gasteiger partial charge in [-0.15, -0.1) is 0 Å². The van der Waals surface area contributed by atoms with Gasteiger partial charge in [-0.3, -0.25) is 9.69 Å². The molecule has 0 saturated carbocycles. The second-order valence-electron chi connectivity index (χ2n) is 7.60. The van der Waals surface area contributed by atoms with E-state index >= 15 is 0 Å². The van der Waals surface area contributed by atoms with Crippen LogP contribution in [-0.2, 0) is 31.5 Å². The number of methoxy groups -OCH3 is 1. The summed E-state index contributed by atoms with van der Waals surface area (Å²) in [6, 6.07) is 8.60. The van der Waals surface area contributed by atoms with Gasteiger partial charge in [0, 0.05) is 33.2 Å². The Labute approximate surface area is 166 Å². The van der Waals surface area contributed by atoms with Crippen molar-refractivity contribution in [2.45, 2.75) is 39.4 Å². The Balaban J connectivity index is 1.56. The summed E-state index contributed by atoms with van der Waals surface area (Å²) >= 11 is 0. The molecule has 3 rings (SSSR count). The Morgan fingerprint density at radius 1 is 1.36 bits per heavy atom. The van der Waals surface area contributed by atoms with E-state index in [1.54, 1.807) is 11.8 Å². The van der Waals surface area contributed by atoms with Gasteiger partial charge >= 0.3 is 0 Å². The molecule has 7 nitrogen and oxygen atoms in total. The predicted molar refractivity (Wildman–Crippen MR) is 109 cm³/mol. The molecule has 1 aromatic heterocycles. The quantitative estimate of drug-likeness (QED) is 0.723. The van der Waals surface area contributed by atoms with E-state index in [9.17, 15) is 4.79 Å². The van der Waals surface area contributed by atoms with Crippen molar-refractivity contribution in [1.82, 2.24) is 20.0 Å². The summed E-state index contributed by atoms with van der Waals surface area (Å²) < 4.78 is 7.22. The highest BCUT2D eigenvalue weighted by atomic mass is 16.5. The van der Waals surface area contributed by atoms with Gasteiger partial charge in [-0.1, -0.05) is 24.3 Å². The van der Waals surface area contributed by atoms with E-state index in [2.05, 4.69) is 39.6 Å². The van der Waals surface area contributed by atoms with Crippen LogP contribution in [0.2, 0.25) is 0 Å². The molecule has 1 fully saturated rings. The molecule has 0 unspecified atom stereocenters. The molecule has 1 aliphatic heterocycles. The number of hydrogen-bond acceptors (Lipinski definition) is 5. The maximum Gasteiger partial charge on any atom is 0.221 e. The maximum absolute atomic E-state index is 11.5. The standard InChI is InChI=1S/C21H31N5O2/c1-15-19(21(28-3)25(2)24-15)12-23-11-16-6-4-7-17(10-16)13-26-9-5-8-18(14-26)20(22)27/h4,6-7,10,18,23H,5,8-9,11-14H2,1-3H3,(H2,22,27)/t18-/m0/s1. The molecule has 1 aliphatic rings. The van der Waals surface area contributed by atoms with Gasteiger partial charge < -0.3 is 15.8 Å². The molecular weight excluding hydrogens is 354 g/mol. The summed E-state index contributed by atoms with van der Waals surface area (Å²) in [4.78, 5) is 13.8. The lowest BCUT2D eigenvalue weighted by Crippen LogP contribution is -2.40. The molecule has 0 radical (unpaired) electrons. The number of aromatic nitrogens is 2. The van der Waals surface area contributed by atoms with Crippen LogP contribution in [0.3, 0.4) is 0 Å². The normalized spacial score (nSPS) is 17.6. The van der Waals surface area contributed by atoms with Gasteiger partial charge in [0.05, 0.1) is 24.3 Å². The van der Waals surface area contributed by atoms with Crippen LogP contribution >= 0.6 is 0 Å². The largest absolute Gasteiger partial charge is 0.481 e. The van der Waals surface area contributed by atoms with E-state index in [0.717, 1.165) is 56.2 Å². The number of likely N-dealkylation sites (tertiary alicyclic amines) is 1. The maximum atomic E-state index is 11.5. The van der Waals surface area contributed by atoms with Gasteiger partial charge in [0.15, 0.2) is 0 Å². The molecule has 0 spiro atoms. The van der Waals surface area contributed by atoms with Crippen LogP contribution in [0, 0.1) is 12.8 Å². The number of piperidine rings is 1. The lowest BCUT2D eigenvalue weighted by Gasteiger charge is -2.31. The molecule has 7 heteroatoms. The Morgan fingerprint density at radius 3 is 2.89 bits per heavy atom. The fraction of sp³-hybridized carbons (Fsp3) is 0.524. The van der Waals surface area contributed by atoms with E-state index in [-0.39, 0.29) is 11.8 Å². The van der Waals surface area contributed by atoms with Gasteiger partial charge in [0.25, 0.3) is 0 Å². The Bertz CT molecular complexity index is 817. The van der Waals surface area contributed by atoms with Crippen LogP contribution in [0.4, 0.5) is 0 Å². The van der Waals surface area contributed by atoms with Crippen molar-refractivity contribution >= 4 is 5.91 Å². The monoisotopic (exact) mass is 385 g/mol. The lowest BCUT2D eigenvalue weighted by molar-refractivity contribution is -0.123. The van der Waals surface area contributed by atoms with Gasteiger partial charge in [-0.2, -0.15) is 5.10 Å². The molecule has 152 valence electrons. The molecule has 1 saturated heterocycles. The zero-order valence-electron chi connectivity index (χ0n) is 17.1. The molecular formula is C21H31N5O2. The topological polar surface area (TPSA) is 85.4 Å². The zero-order chi connectivity index (χ0) is 20.1. The highest BCUT2D eigenvalue weighted by Crippen LogP contribution is 2.21. The van der Waals surface area contributed by atoms with E-state index in [0.29, 0.717) is 6.54 Å². The number of ether oxygens (including phenoxy) is 1. The molecule has 0 aliphatic carbocycles. The van der Waals surface area contributed by atoms with Crippen molar-refractivity contribution in [2.24, 2.45) is 18.7 Å². The number of nitrogens with two attached hydrogens (primary N) is 1. The first-order chi connectivity index (χ1) is 13.5. The van der Waals surface area contributed by atoms with Crippen LogP contribution < -0.4 is 15.8 Å². The number of carbonyl (C=O) groups excluding carboxylic acids is 1. The zero-order valence-corrected chi connectivity index (χ0v) is 17.1. The minimum atomic E-state index is -0.177. The Morgan fingerprint density at radius 2 is 2.14 bits per heavy atom. The molecule has 1 amide bonds. The summed E-state index contributed by atoms with van der Waals surface area (Å²) in [5.74, 6) is 0.605. The van der Waals surface area contributed by atoms with Crippen LogP contribution in [0.15, 0.2) is 24.3 Å². The van der Waals surface area contributed by atoms with Gasteiger partial charge in [-0.25, -0.2) is 4.68 Å². The van der Waals surface area contributed by atoms with Crippen LogP contribution in [0.25, 0.3) is 0 Å². The van der Waals surface area contributed by atoms with Gasteiger partial charge in [0.1, 0.15) is 0 Å². The highest BCUT2D eigenvalue weighted by Gasteiger charge is 2.23. The van der Waals surface area contributed by atoms with E-state index in [1.807, 2.05) is 14.0 Å². The Hall–Kier alpha value is -2.38. The van der Waals surface area contributed by atoms with E-state index in [1.165, 1.54) is 11.1 Å². The number of benzene rings is 1. The smallest absolute Gasteiger partial charge is 0.221 e. The molecule has 1 atom stereocenters. The summed E-state index contributed by atoms with van der Waals surface area (Å²) in [7, 11) is 3.56. The van der Waals surface area contributed by atoms with Gasteiger partial charge in [-0.05, 0) is 37.4 Å². The number of primary amides is 1. The molecule has 0 bridgehead atoms. The first-order valence-corrected chi connectivity index (χ1v) is 9.84. The number of rotatable bonds is 8. The first-order valence-electron chi connectivity index (χ1n) is 9.84. The van der Waals surface area contributed by atoms with Crippen molar-refractivity contribution < 1.29 is 9.53 Å². The van der Waals surface area contributed by atoms with E-state index < -0.39 is 0 Å². The molecule has 28 heavy (non-hydrogen) atoms. The van der Waals surface area contributed by atoms with Gasteiger partial charge in [0.2, 0.25) is 11.8 Å².